The van der Waals surface area contributed by atoms with Crippen molar-refractivity contribution in [3.8, 4) is 6.07 Å². The monoisotopic (exact) mass is 204 g/mol. The van der Waals surface area contributed by atoms with Crippen molar-refractivity contribution in [2.75, 3.05) is 5.32 Å². The van der Waals surface area contributed by atoms with E-state index in [2.05, 4.69) is 43.2 Å². The van der Waals surface area contributed by atoms with Crippen molar-refractivity contribution >= 4 is 5.82 Å². The molecule has 0 radical (unpaired) electrons. The van der Waals surface area contributed by atoms with E-state index in [0.29, 0.717) is 17.6 Å². The second-order valence-corrected chi connectivity index (χ2v) is 4.65. The van der Waals surface area contributed by atoms with Gasteiger partial charge in [0.1, 0.15) is 11.9 Å². The fourth-order valence-corrected chi connectivity index (χ4v) is 0.907. The Morgan fingerprint density at radius 1 is 1.33 bits per heavy atom. The van der Waals surface area contributed by atoms with Gasteiger partial charge in [0.25, 0.3) is 0 Å². The average Bonchev–Trinajstić information content (AvgIpc) is 2.17. The molecule has 4 nitrogen and oxygen atoms in total. The standard InChI is InChI=1S/C11H16N4/c1-8(11(2,3)4)13-10-6-5-9(7-12)14-15-10/h5-6,8H,1-4H3,(H,13,15). The number of rotatable bonds is 2. The van der Waals surface area contributed by atoms with E-state index in [1.165, 1.54) is 0 Å². The first kappa shape index (κ1) is 11.4. The van der Waals surface area contributed by atoms with Crippen molar-refractivity contribution in [3.05, 3.63) is 17.8 Å². The van der Waals surface area contributed by atoms with E-state index < -0.39 is 0 Å². The lowest BCUT2D eigenvalue weighted by molar-refractivity contribution is 0.358. The van der Waals surface area contributed by atoms with Crippen LogP contribution in [0.1, 0.15) is 33.4 Å². The first-order valence-electron chi connectivity index (χ1n) is 4.94. The van der Waals surface area contributed by atoms with Crippen molar-refractivity contribution in [2.45, 2.75) is 33.7 Å². The quantitative estimate of drug-likeness (QED) is 0.802. The molecule has 1 rings (SSSR count). The van der Waals surface area contributed by atoms with E-state index in [-0.39, 0.29) is 5.41 Å². The van der Waals surface area contributed by atoms with Crippen LogP contribution in [0.25, 0.3) is 0 Å². The molecule has 0 saturated carbocycles. The molecular weight excluding hydrogens is 188 g/mol. The minimum atomic E-state index is 0.162. The molecule has 4 heteroatoms. The first-order valence-corrected chi connectivity index (χ1v) is 4.94. The van der Waals surface area contributed by atoms with Crippen molar-refractivity contribution in [3.63, 3.8) is 0 Å². The van der Waals surface area contributed by atoms with E-state index >= 15 is 0 Å². The molecule has 0 amide bonds. The Morgan fingerprint density at radius 3 is 2.40 bits per heavy atom. The highest BCUT2D eigenvalue weighted by atomic mass is 15.2. The van der Waals surface area contributed by atoms with Crippen LogP contribution in [0.3, 0.4) is 0 Å². The maximum absolute atomic E-state index is 8.57. The summed E-state index contributed by atoms with van der Waals surface area (Å²) in [5.74, 6) is 0.705. The van der Waals surface area contributed by atoms with Gasteiger partial charge in [-0.15, -0.1) is 10.2 Å². The number of nitrogens with one attached hydrogen (secondary N) is 1. The van der Waals surface area contributed by atoms with Crippen molar-refractivity contribution in [1.29, 1.82) is 5.26 Å². The molecule has 0 aliphatic heterocycles. The van der Waals surface area contributed by atoms with Gasteiger partial charge in [0.05, 0.1) is 0 Å². The zero-order valence-corrected chi connectivity index (χ0v) is 9.57. The SMILES string of the molecule is CC(Nc1ccc(C#N)nn1)C(C)(C)C. The lowest BCUT2D eigenvalue weighted by Crippen LogP contribution is -2.31. The molecule has 0 spiro atoms. The van der Waals surface area contributed by atoms with Crippen LogP contribution >= 0.6 is 0 Å². The lowest BCUT2D eigenvalue weighted by atomic mass is 9.88. The molecule has 15 heavy (non-hydrogen) atoms. The van der Waals surface area contributed by atoms with Crippen LogP contribution in [-0.2, 0) is 0 Å². The summed E-state index contributed by atoms with van der Waals surface area (Å²) in [6.45, 7) is 8.56. The highest BCUT2D eigenvalue weighted by Crippen LogP contribution is 2.21. The largest absolute Gasteiger partial charge is 0.366 e. The Kier molecular flexibility index (Phi) is 3.25. The average molecular weight is 204 g/mol. The molecule has 0 aromatic carbocycles. The third-order valence-electron chi connectivity index (χ3n) is 2.44. The van der Waals surface area contributed by atoms with Crippen LogP contribution in [0.4, 0.5) is 5.82 Å². The Hall–Kier alpha value is -1.63. The van der Waals surface area contributed by atoms with Gasteiger partial charge in [0.15, 0.2) is 5.69 Å². The first-order chi connectivity index (χ1) is 6.93. The van der Waals surface area contributed by atoms with E-state index in [1.807, 2.05) is 6.07 Å². The molecule has 1 atom stereocenters. The summed E-state index contributed by atoms with van der Waals surface area (Å²) in [4.78, 5) is 0. The van der Waals surface area contributed by atoms with Crippen LogP contribution in [0, 0.1) is 16.7 Å². The number of nitriles is 1. The summed E-state index contributed by atoms with van der Waals surface area (Å²) in [6.07, 6.45) is 0. The molecule has 1 aromatic rings. The predicted molar refractivity (Wildman–Crippen MR) is 59.3 cm³/mol. The van der Waals surface area contributed by atoms with Gasteiger partial charge in [0, 0.05) is 6.04 Å². The van der Waals surface area contributed by atoms with Crippen molar-refractivity contribution in [1.82, 2.24) is 10.2 Å². The van der Waals surface area contributed by atoms with Gasteiger partial charge in [-0.25, -0.2) is 0 Å². The summed E-state index contributed by atoms with van der Waals surface area (Å²) >= 11 is 0. The van der Waals surface area contributed by atoms with E-state index in [4.69, 9.17) is 5.26 Å². The van der Waals surface area contributed by atoms with Gasteiger partial charge in [-0.1, -0.05) is 20.8 Å². The van der Waals surface area contributed by atoms with Crippen LogP contribution in [0.5, 0.6) is 0 Å². The van der Waals surface area contributed by atoms with Gasteiger partial charge in [-0.2, -0.15) is 5.26 Å². The molecule has 1 aromatic heterocycles. The molecule has 0 aliphatic rings. The smallest absolute Gasteiger partial charge is 0.163 e. The predicted octanol–water partition coefficient (Wildman–Crippen LogP) is 2.19. The second kappa shape index (κ2) is 4.26. The molecule has 0 aliphatic carbocycles. The number of hydrogen-bond acceptors (Lipinski definition) is 4. The highest BCUT2D eigenvalue weighted by molar-refractivity contribution is 5.36. The molecule has 1 N–H and O–H groups in total. The molecule has 0 fully saturated rings. The van der Waals surface area contributed by atoms with E-state index in [0.717, 1.165) is 0 Å². The van der Waals surface area contributed by atoms with Crippen molar-refractivity contribution < 1.29 is 0 Å². The third kappa shape index (κ3) is 3.21. The minimum Gasteiger partial charge on any atom is -0.366 e. The number of anilines is 1. The summed E-state index contributed by atoms with van der Waals surface area (Å²) in [5, 5.41) is 19.5. The maximum atomic E-state index is 8.57. The Labute approximate surface area is 90.3 Å². The molecule has 1 unspecified atom stereocenters. The lowest BCUT2D eigenvalue weighted by Gasteiger charge is -2.28. The van der Waals surface area contributed by atoms with Crippen LogP contribution < -0.4 is 5.32 Å². The molecule has 80 valence electrons. The molecular formula is C11H16N4. The van der Waals surface area contributed by atoms with Crippen molar-refractivity contribution in [2.24, 2.45) is 5.41 Å². The van der Waals surface area contributed by atoms with Crippen LogP contribution in [0.2, 0.25) is 0 Å². The number of hydrogen-bond donors (Lipinski definition) is 1. The van der Waals surface area contributed by atoms with Gasteiger partial charge in [-0.3, -0.25) is 0 Å². The zero-order chi connectivity index (χ0) is 11.5. The van der Waals surface area contributed by atoms with Gasteiger partial charge < -0.3 is 5.32 Å². The van der Waals surface area contributed by atoms with Gasteiger partial charge in [-0.05, 0) is 24.5 Å². The molecule has 0 saturated heterocycles. The molecule has 0 bridgehead atoms. The van der Waals surface area contributed by atoms with Gasteiger partial charge >= 0.3 is 0 Å². The van der Waals surface area contributed by atoms with Crippen LogP contribution in [-0.4, -0.2) is 16.2 Å². The second-order valence-electron chi connectivity index (χ2n) is 4.65. The fourth-order valence-electron chi connectivity index (χ4n) is 0.907. The Morgan fingerprint density at radius 2 is 2.00 bits per heavy atom. The Balaban J connectivity index is 2.70. The number of nitrogens with zero attached hydrogens (tertiary/aromatic N) is 3. The minimum absolute atomic E-state index is 0.162. The Bertz CT molecular complexity index is 356. The summed E-state index contributed by atoms with van der Waals surface area (Å²) < 4.78 is 0. The molecule has 1 heterocycles. The van der Waals surface area contributed by atoms with E-state index in [1.54, 1.807) is 12.1 Å². The van der Waals surface area contributed by atoms with Gasteiger partial charge in [0.2, 0.25) is 0 Å². The summed E-state index contributed by atoms with van der Waals surface area (Å²) in [5.41, 5.74) is 0.499. The normalized spacial score (nSPS) is 13.0. The highest BCUT2D eigenvalue weighted by Gasteiger charge is 2.19. The topological polar surface area (TPSA) is 61.6 Å². The zero-order valence-electron chi connectivity index (χ0n) is 9.57. The number of aromatic nitrogens is 2. The van der Waals surface area contributed by atoms with E-state index in [9.17, 15) is 0 Å². The fraction of sp³-hybridized carbons (Fsp3) is 0.545. The summed E-state index contributed by atoms with van der Waals surface area (Å²) in [7, 11) is 0. The van der Waals surface area contributed by atoms with Crippen LogP contribution in [0.15, 0.2) is 12.1 Å². The third-order valence-corrected chi connectivity index (χ3v) is 2.44. The maximum Gasteiger partial charge on any atom is 0.163 e. The summed E-state index contributed by atoms with van der Waals surface area (Å²) in [6, 6.07) is 5.66.